The third-order valence-electron chi connectivity index (χ3n) is 4.96. The van der Waals surface area contributed by atoms with Crippen LogP contribution in [0, 0.1) is 17.8 Å². The minimum atomic E-state index is 0.256. The SMILES string of the molecule is NNC(CC1CC2CCC1C2)c1ccc(Br)cc1Br. The van der Waals surface area contributed by atoms with Crippen molar-refractivity contribution in [3.63, 3.8) is 0 Å². The van der Waals surface area contributed by atoms with Crippen molar-refractivity contribution in [3.8, 4) is 0 Å². The summed E-state index contributed by atoms with van der Waals surface area (Å²) in [6.45, 7) is 0. The van der Waals surface area contributed by atoms with Crippen LogP contribution in [0.5, 0.6) is 0 Å². The van der Waals surface area contributed by atoms with Crippen LogP contribution in [0.2, 0.25) is 0 Å². The van der Waals surface area contributed by atoms with Gasteiger partial charge in [0, 0.05) is 15.0 Å². The molecule has 1 aromatic carbocycles. The van der Waals surface area contributed by atoms with E-state index in [1.165, 1.54) is 31.2 Å². The Morgan fingerprint density at radius 2 is 2.11 bits per heavy atom. The van der Waals surface area contributed by atoms with Gasteiger partial charge in [-0.05, 0) is 61.1 Å². The first-order chi connectivity index (χ1) is 9.17. The van der Waals surface area contributed by atoms with E-state index in [0.29, 0.717) is 0 Å². The average molecular weight is 388 g/mol. The number of hydrogen-bond donors (Lipinski definition) is 2. The van der Waals surface area contributed by atoms with E-state index < -0.39 is 0 Å². The number of nitrogens with two attached hydrogens (primary N) is 1. The second-order valence-electron chi connectivity index (χ2n) is 6.06. The van der Waals surface area contributed by atoms with Crippen LogP contribution < -0.4 is 11.3 Å². The number of fused-ring (bicyclic) bond motifs is 2. The lowest BCUT2D eigenvalue weighted by Gasteiger charge is -2.27. The molecule has 0 radical (unpaired) electrons. The van der Waals surface area contributed by atoms with Crippen LogP contribution >= 0.6 is 31.9 Å². The van der Waals surface area contributed by atoms with Crippen molar-refractivity contribution in [2.45, 2.75) is 38.1 Å². The third-order valence-corrected chi connectivity index (χ3v) is 6.14. The lowest BCUT2D eigenvalue weighted by molar-refractivity contribution is 0.280. The molecule has 4 unspecified atom stereocenters. The Morgan fingerprint density at radius 3 is 2.68 bits per heavy atom. The average Bonchev–Trinajstić information content (AvgIpc) is 2.99. The first-order valence-corrected chi connectivity index (χ1v) is 8.67. The maximum Gasteiger partial charge on any atom is 0.0473 e. The molecule has 104 valence electrons. The third kappa shape index (κ3) is 2.92. The topological polar surface area (TPSA) is 38.0 Å². The van der Waals surface area contributed by atoms with Crippen LogP contribution in [0.25, 0.3) is 0 Å². The lowest BCUT2D eigenvalue weighted by Crippen LogP contribution is -2.31. The fourth-order valence-corrected chi connectivity index (χ4v) is 5.36. The fourth-order valence-electron chi connectivity index (χ4n) is 4.04. The molecule has 0 saturated heterocycles. The molecule has 0 aromatic heterocycles. The summed E-state index contributed by atoms with van der Waals surface area (Å²) in [5.74, 6) is 8.62. The summed E-state index contributed by atoms with van der Waals surface area (Å²) >= 11 is 7.15. The number of halogens is 2. The Labute approximate surface area is 131 Å². The van der Waals surface area contributed by atoms with Crippen LogP contribution in [-0.4, -0.2) is 0 Å². The predicted octanol–water partition coefficient (Wildman–Crippen LogP) is 4.54. The summed E-state index contributed by atoms with van der Waals surface area (Å²) in [5, 5.41) is 0. The molecular weight excluding hydrogens is 368 g/mol. The molecule has 2 fully saturated rings. The van der Waals surface area contributed by atoms with Crippen LogP contribution in [0.1, 0.15) is 43.7 Å². The summed E-state index contributed by atoms with van der Waals surface area (Å²) in [6, 6.07) is 6.60. The second kappa shape index (κ2) is 5.84. The van der Waals surface area contributed by atoms with E-state index in [0.717, 1.165) is 33.1 Å². The van der Waals surface area contributed by atoms with Crippen LogP contribution in [0.3, 0.4) is 0 Å². The molecule has 3 rings (SSSR count). The van der Waals surface area contributed by atoms with Crippen molar-refractivity contribution in [2.75, 3.05) is 0 Å². The van der Waals surface area contributed by atoms with E-state index in [1.54, 1.807) is 0 Å². The molecule has 2 aliphatic rings. The molecule has 0 aliphatic heterocycles. The molecule has 2 nitrogen and oxygen atoms in total. The summed E-state index contributed by atoms with van der Waals surface area (Å²) in [5.41, 5.74) is 4.29. The van der Waals surface area contributed by atoms with Crippen LogP contribution in [0.4, 0.5) is 0 Å². The number of hydrogen-bond acceptors (Lipinski definition) is 2. The van der Waals surface area contributed by atoms with Crippen molar-refractivity contribution >= 4 is 31.9 Å². The molecule has 4 heteroatoms. The Bertz CT molecular complexity index is 463. The highest BCUT2D eigenvalue weighted by Gasteiger charge is 2.40. The maximum absolute atomic E-state index is 5.81. The van der Waals surface area contributed by atoms with E-state index in [2.05, 4.69) is 55.5 Å². The van der Waals surface area contributed by atoms with Crippen molar-refractivity contribution in [2.24, 2.45) is 23.6 Å². The number of benzene rings is 1. The van der Waals surface area contributed by atoms with Crippen LogP contribution in [0.15, 0.2) is 27.1 Å². The fraction of sp³-hybridized carbons (Fsp3) is 0.600. The molecule has 1 aromatic rings. The molecule has 0 heterocycles. The van der Waals surface area contributed by atoms with Gasteiger partial charge in [0.15, 0.2) is 0 Å². The van der Waals surface area contributed by atoms with Crippen molar-refractivity contribution in [1.29, 1.82) is 0 Å². The summed E-state index contributed by atoms with van der Waals surface area (Å²) in [4.78, 5) is 0. The lowest BCUT2D eigenvalue weighted by atomic mass is 9.83. The van der Waals surface area contributed by atoms with Gasteiger partial charge < -0.3 is 0 Å². The van der Waals surface area contributed by atoms with E-state index in [1.807, 2.05) is 0 Å². The second-order valence-corrected chi connectivity index (χ2v) is 7.83. The van der Waals surface area contributed by atoms with Gasteiger partial charge in [0.1, 0.15) is 0 Å². The molecule has 0 amide bonds. The van der Waals surface area contributed by atoms with E-state index in [4.69, 9.17) is 5.84 Å². The first-order valence-electron chi connectivity index (χ1n) is 7.08. The summed E-state index contributed by atoms with van der Waals surface area (Å²) in [6.07, 6.45) is 6.94. The molecule has 0 spiro atoms. The summed E-state index contributed by atoms with van der Waals surface area (Å²) < 4.78 is 2.23. The standard InChI is InChI=1S/C15H20Br2N2/c16-12-3-4-13(14(17)8-12)15(19-18)7-11-6-9-1-2-10(11)5-9/h3-4,8-11,15,19H,1-2,5-7,18H2. The molecule has 3 N–H and O–H groups in total. The minimum Gasteiger partial charge on any atom is -0.271 e. The highest BCUT2D eigenvalue weighted by Crippen LogP contribution is 2.51. The smallest absolute Gasteiger partial charge is 0.0473 e. The van der Waals surface area contributed by atoms with Gasteiger partial charge in [0.2, 0.25) is 0 Å². The Hall–Kier alpha value is 0.1000. The first kappa shape index (κ1) is 14.1. The predicted molar refractivity (Wildman–Crippen MR) is 85.5 cm³/mol. The number of hydrazine groups is 1. The van der Waals surface area contributed by atoms with Gasteiger partial charge in [-0.25, -0.2) is 0 Å². The van der Waals surface area contributed by atoms with Gasteiger partial charge in [-0.3, -0.25) is 11.3 Å². The number of rotatable bonds is 4. The molecule has 2 bridgehead atoms. The van der Waals surface area contributed by atoms with Crippen molar-refractivity contribution < 1.29 is 0 Å². The quantitative estimate of drug-likeness (QED) is 0.587. The largest absolute Gasteiger partial charge is 0.271 e. The van der Waals surface area contributed by atoms with Crippen LogP contribution in [-0.2, 0) is 0 Å². The van der Waals surface area contributed by atoms with Crippen molar-refractivity contribution in [1.82, 2.24) is 5.43 Å². The molecule has 19 heavy (non-hydrogen) atoms. The van der Waals surface area contributed by atoms with E-state index >= 15 is 0 Å². The zero-order chi connectivity index (χ0) is 13.4. The van der Waals surface area contributed by atoms with Gasteiger partial charge in [0.05, 0.1) is 0 Å². The minimum absolute atomic E-state index is 0.256. The van der Waals surface area contributed by atoms with E-state index in [-0.39, 0.29) is 6.04 Å². The van der Waals surface area contributed by atoms with Gasteiger partial charge in [-0.15, -0.1) is 0 Å². The summed E-state index contributed by atoms with van der Waals surface area (Å²) in [7, 11) is 0. The zero-order valence-corrected chi connectivity index (χ0v) is 14.1. The number of nitrogens with one attached hydrogen (secondary N) is 1. The van der Waals surface area contributed by atoms with Gasteiger partial charge in [0.25, 0.3) is 0 Å². The zero-order valence-electron chi connectivity index (χ0n) is 10.9. The Morgan fingerprint density at radius 1 is 1.26 bits per heavy atom. The van der Waals surface area contributed by atoms with Gasteiger partial charge >= 0.3 is 0 Å². The molecule has 2 saturated carbocycles. The van der Waals surface area contributed by atoms with Gasteiger partial charge in [-0.2, -0.15) is 0 Å². The molecular formula is C15H20Br2N2. The monoisotopic (exact) mass is 386 g/mol. The highest BCUT2D eigenvalue weighted by molar-refractivity contribution is 9.11. The Kier molecular flexibility index (Phi) is 4.32. The maximum atomic E-state index is 5.81. The normalized spacial score (nSPS) is 30.8. The Balaban J connectivity index is 1.73. The highest BCUT2D eigenvalue weighted by atomic mass is 79.9. The molecule has 4 atom stereocenters. The molecule has 2 aliphatic carbocycles. The van der Waals surface area contributed by atoms with Crippen molar-refractivity contribution in [3.05, 3.63) is 32.7 Å². The van der Waals surface area contributed by atoms with E-state index in [9.17, 15) is 0 Å². The van der Waals surface area contributed by atoms with Gasteiger partial charge in [-0.1, -0.05) is 44.3 Å².